The van der Waals surface area contributed by atoms with E-state index >= 15 is 0 Å². The average molecular weight is 282 g/mol. The summed E-state index contributed by atoms with van der Waals surface area (Å²) in [7, 11) is 0. The van der Waals surface area contributed by atoms with Crippen molar-refractivity contribution in [2.24, 2.45) is 0 Å². The second-order valence-electron chi connectivity index (χ2n) is 5.18. The highest BCUT2D eigenvalue weighted by molar-refractivity contribution is 7.80. The molecule has 1 heterocycles. The number of nitrogens with one attached hydrogen (secondary N) is 1. The lowest BCUT2D eigenvalue weighted by molar-refractivity contribution is 0.781. The number of aryl methyl sites for hydroxylation is 2. The van der Waals surface area contributed by atoms with E-state index < -0.39 is 0 Å². The molecule has 20 heavy (non-hydrogen) atoms. The molecule has 2 aromatic carbocycles. The Bertz CT molecular complexity index is 636. The van der Waals surface area contributed by atoms with Crippen LogP contribution in [0.3, 0.4) is 0 Å². The minimum absolute atomic E-state index is 0.780. The van der Waals surface area contributed by atoms with Crippen molar-refractivity contribution in [1.82, 2.24) is 0 Å². The number of thiocarbonyl (C=S) groups is 1. The summed E-state index contributed by atoms with van der Waals surface area (Å²) >= 11 is 5.59. The summed E-state index contributed by atoms with van der Waals surface area (Å²) in [4.78, 5) is 2.20. The fraction of sp³-hybridized carbons (Fsp3) is 0.235. The Morgan fingerprint density at radius 3 is 2.85 bits per heavy atom. The molecule has 1 aliphatic rings. The zero-order valence-electron chi connectivity index (χ0n) is 11.6. The largest absolute Gasteiger partial charge is 0.332 e. The molecule has 1 aliphatic heterocycles. The Kier molecular flexibility index (Phi) is 3.70. The normalized spacial score (nSPS) is 13.8. The van der Waals surface area contributed by atoms with E-state index in [1.807, 2.05) is 6.07 Å². The third-order valence-electron chi connectivity index (χ3n) is 3.62. The monoisotopic (exact) mass is 282 g/mol. The number of benzene rings is 2. The number of hydrogen-bond donors (Lipinski definition) is 1. The van der Waals surface area contributed by atoms with Crippen LogP contribution in [0.25, 0.3) is 0 Å². The second-order valence-corrected chi connectivity index (χ2v) is 5.57. The maximum atomic E-state index is 5.59. The first-order valence-corrected chi connectivity index (χ1v) is 7.38. The summed E-state index contributed by atoms with van der Waals surface area (Å²) in [6.45, 7) is 3.07. The summed E-state index contributed by atoms with van der Waals surface area (Å²) in [5.41, 5.74) is 4.91. The molecule has 102 valence electrons. The van der Waals surface area contributed by atoms with Crippen LogP contribution < -0.4 is 10.2 Å². The SMILES string of the molecule is Cc1cccc(NC(=S)N2CCCc3ccccc32)c1. The van der Waals surface area contributed by atoms with E-state index in [0.717, 1.165) is 30.2 Å². The van der Waals surface area contributed by atoms with Crippen LogP contribution in [-0.4, -0.2) is 11.7 Å². The van der Waals surface area contributed by atoms with E-state index in [1.54, 1.807) is 0 Å². The molecule has 0 spiro atoms. The lowest BCUT2D eigenvalue weighted by atomic mass is 10.0. The number of hydrogen-bond acceptors (Lipinski definition) is 1. The fourth-order valence-corrected chi connectivity index (χ4v) is 2.97. The summed E-state index contributed by atoms with van der Waals surface area (Å²) in [6, 6.07) is 16.8. The predicted molar refractivity (Wildman–Crippen MR) is 89.5 cm³/mol. The van der Waals surface area contributed by atoms with Crippen LogP contribution in [0, 0.1) is 6.92 Å². The zero-order valence-corrected chi connectivity index (χ0v) is 12.4. The quantitative estimate of drug-likeness (QED) is 0.791. The van der Waals surface area contributed by atoms with Crippen LogP contribution in [0.5, 0.6) is 0 Å². The topological polar surface area (TPSA) is 15.3 Å². The van der Waals surface area contributed by atoms with Crippen LogP contribution in [0.4, 0.5) is 11.4 Å². The highest BCUT2D eigenvalue weighted by Gasteiger charge is 2.19. The van der Waals surface area contributed by atoms with Crippen LogP contribution in [0.1, 0.15) is 17.5 Å². The molecule has 0 saturated carbocycles. The van der Waals surface area contributed by atoms with Crippen molar-refractivity contribution in [2.45, 2.75) is 19.8 Å². The third-order valence-corrected chi connectivity index (χ3v) is 3.95. The standard InChI is InChI=1S/C17H18N2S/c1-13-6-4-9-15(12-13)18-17(20)19-11-5-8-14-7-2-3-10-16(14)19/h2-4,6-7,9-10,12H,5,8,11H2,1H3,(H,18,20). The van der Waals surface area contributed by atoms with E-state index in [1.165, 1.54) is 16.8 Å². The number of nitrogens with zero attached hydrogens (tertiary/aromatic N) is 1. The Morgan fingerprint density at radius 2 is 2.00 bits per heavy atom. The van der Waals surface area contributed by atoms with E-state index in [0.29, 0.717) is 0 Å². The average Bonchev–Trinajstić information content (AvgIpc) is 2.46. The van der Waals surface area contributed by atoms with Crippen LogP contribution >= 0.6 is 12.2 Å². The van der Waals surface area contributed by atoms with Gasteiger partial charge in [-0.1, -0.05) is 30.3 Å². The van der Waals surface area contributed by atoms with Crippen molar-refractivity contribution in [3.63, 3.8) is 0 Å². The Labute approximate surface area is 125 Å². The molecule has 0 aliphatic carbocycles. The maximum Gasteiger partial charge on any atom is 0.177 e. The molecule has 0 amide bonds. The molecule has 0 saturated heterocycles. The van der Waals surface area contributed by atoms with Gasteiger partial charge < -0.3 is 10.2 Å². The van der Waals surface area contributed by atoms with Gasteiger partial charge in [0.05, 0.1) is 0 Å². The summed E-state index contributed by atoms with van der Waals surface area (Å²) in [6.07, 6.45) is 2.28. The fourth-order valence-electron chi connectivity index (χ4n) is 2.66. The molecule has 3 rings (SSSR count). The van der Waals surface area contributed by atoms with Crippen LogP contribution in [0.15, 0.2) is 48.5 Å². The first kappa shape index (κ1) is 13.1. The van der Waals surface area contributed by atoms with Gasteiger partial charge >= 0.3 is 0 Å². The zero-order chi connectivity index (χ0) is 13.9. The second kappa shape index (κ2) is 5.63. The van der Waals surface area contributed by atoms with Crippen molar-refractivity contribution >= 4 is 28.7 Å². The minimum atomic E-state index is 0.780. The van der Waals surface area contributed by atoms with Gasteiger partial charge in [0.2, 0.25) is 0 Å². The molecule has 0 bridgehead atoms. The predicted octanol–water partition coefficient (Wildman–Crippen LogP) is 4.14. The highest BCUT2D eigenvalue weighted by Crippen LogP contribution is 2.27. The molecule has 2 aromatic rings. The van der Waals surface area contributed by atoms with Crippen molar-refractivity contribution in [3.05, 3.63) is 59.7 Å². The minimum Gasteiger partial charge on any atom is -0.332 e. The lowest BCUT2D eigenvalue weighted by Crippen LogP contribution is -2.38. The molecule has 1 N–H and O–H groups in total. The Hall–Kier alpha value is -1.87. The third kappa shape index (κ3) is 2.68. The maximum absolute atomic E-state index is 5.59. The van der Waals surface area contributed by atoms with Gasteiger partial charge in [0.25, 0.3) is 0 Å². The number of fused-ring (bicyclic) bond motifs is 1. The first-order chi connectivity index (χ1) is 9.74. The van der Waals surface area contributed by atoms with E-state index in [-0.39, 0.29) is 0 Å². The Balaban J connectivity index is 1.82. The summed E-state index contributed by atoms with van der Waals surface area (Å²) < 4.78 is 0. The molecule has 0 unspecified atom stereocenters. The lowest BCUT2D eigenvalue weighted by Gasteiger charge is -2.31. The molecular weight excluding hydrogens is 264 g/mol. The highest BCUT2D eigenvalue weighted by atomic mass is 32.1. The van der Waals surface area contributed by atoms with Gasteiger partial charge in [-0.05, 0) is 61.3 Å². The number of para-hydroxylation sites is 1. The van der Waals surface area contributed by atoms with Gasteiger partial charge in [-0.3, -0.25) is 0 Å². The Morgan fingerprint density at radius 1 is 1.15 bits per heavy atom. The van der Waals surface area contributed by atoms with Crippen molar-refractivity contribution in [1.29, 1.82) is 0 Å². The molecule has 0 fully saturated rings. The smallest absolute Gasteiger partial charge is 0.177 e. The van der Waals surface area contributed by atoms with E-state index in [2.05, 4.69) is 59.6 Å². The molecule has 0 aromatic heterocycles. The summed E-state index contributed by atoms with van der Waals surface area (Å²) in [5.74, 6) is 0. The molecule has 0 atom stereocenters. The van der Waals surface area contributed by atoms with E-state index in [4.69, 9.17) is 12.2 Å². The van der Waals surface area contributed by atoms with Crippen molar-refractivity contribution < 1.29 is 0 Å². The van der Waals surface area contributed by atoms with Gasteiger partial charge in [0.1, 0.15) is 0 Å². The van der Waals surface area contributed by atoms with Crippen molar-refractivity contribution in [2.75, 3.05) is 16.8 Å². The van der Waals surface area contributed by atoms with E-state index in [9.17, 15) is 0 Å². The van der Waals surface area contributed by atoms with Crippen molar-refractivity contribution in [3.8, 4) is 0 Å². The summed E-state index contributed by atoms with van der Waals surface area (Å²) in [5, 5.41) is 4.13. The molecule has 0 radical (unpaired) electrons. The van der Waals surface area contributed by atoms with Gasteiger partial charge in [0, 0.05) is 17.9 Å². The van der Waals surface area contributed by atoms with Crippen LogP contribution in [0.2, 0.25) is 0 Å². The van der Waals surface area contributed by atoms with Gasteiger partial charge in [0.15, 0.2) is 5.11 Å². The van der Waals surface area contributed by atoms with Crippen LogP contribution in [-0.2, 0) is 6.42 Å². The van der Waals surface area contributed by atoms with Gasteiger partial charge in [-0.2, -0.15) is 0 Å². The molecular formula is C17H18N2S. The van der Waals surface area contributed by atoms with Gasteiger partial charge in [-0.15, -0.1) is 0 Å². The molecule has 2 nitrogen and oxygen atoms in total. The first-order valence-electron chi connectivity index (χ1n) is 6.97. The number of anilines is 2. The molecule has 3 heteroatoms. The number of rotatable bonds is 1. The van der Waals surface area contributed by atoms with Gasteiger partial charge in [-0.25, -0.2) is 0 Å².